The van der Waals surface area contributed by atoms with Crippen LogP contribution in [0.3, 0.4) is 0 Å². The van der Waals surface area contributed by atoms with E-state index in [0.29, 0.717) is 0 Å². The number of aryl methyl sites for hydroxylation is 3. The fraction of sp³-hybridized carbons (Fsp3) is 0.625. The van der Waals surface area contributed by atoms with Crippen LogP contribution in [0.25, 0.3) is 5.65 Å². The Morgan fingerprint density at radius 3 is 2.21 bits per heavy atom. The summed E-state index contributed by atoms with van der Waals surface area (Å²) in [6.45, 7) is 14.3. The number of hydrogen-bond acceptors (Lipinski definition) is 2. The number of aromatic nitrogens is 3. The largest absolute Gasteiger partial charge is 0.284 e. The van der Waals surface area contributed by atoms with E-state index in [1.54, 1.807) is 0 Å². The van der Waals surface area contributed by atoms with E-state index in [4.69, 9.17) is 0 Å². The third-order valence-electron chi connectivity index (χ3n) is 2.67. The molecule has 2 aromatic rings. The zero-order chi connectivity index (χ0) is 14.8. The lowest BCUT2D eigenvalue weighted by molar-refractivity contribution is 0.759. The SMILES string of the molecule is CC.CC.CCCCc1cc(C)cc2nnc(C)n12. The second-order valence-corrected chi connectivity index (χ2v) is 4.07. The summed E-state index contributed by atoms with van der Waals surface area (Å²) in [5.74, 6) is 0.983. The third kappa shape index (κ3) is 4.66. The predicted molar refractivity (Wildman–Crippen MR) is 83.8 cm³/mol. The fourth-order valence-corrected chi connectivity index (χ4v) is 1.94. The van der Waals surface area contributed by atoms with E-state index in [0.717, 1.165) is 17.9 Å². The van der Waals surface area contributed by atoms with Crippen LogP contribution >= 0.6 is 0 Å². The van der Waals surface area contributed by atoms with Crippen LogP contribution in [0.4, 0.5) is 0 Å². The first kappa shape index (κ1) is 17.6. The van der Waals surface area contributed by atoms with Crippen molar-refractivity contribution in [3.8, 4) is 0 Å². The standard InChI is InChI=1S/C12H17N3.2C2H6/c1-4-5-6-11-7-9(2)8-12-14-13-10(3)15(11)12;2*1-2/h7-8H,4-6H2,1-3H3;2*1-2H3. The zero-order valence-corrected chi connectivity index (χ0v) is 13.6. The van der Waals surface area contributed by atoms with Crippen molar-refractivity contribution in [2.75, 3.05) is 0 Å². The normalized spacial score (nSPS) is 9.42. The van der Waals surface area contributed by atoms with Gasteiger partial charge in [-0.1, -0.05) is 41.0 Å². The lowest BCUT2D eigenvalue weighted by Gasteiger charge is -2.06. The van der Waals surface area contributed by atoms with Gasteiger partial charge in [0, 0.05) is 5.69 Å². The molecule has 0 aliphatic heterocycles. The molecule has 0 aliphatic carbocycles. The average Bonchev–Trinajstić information content (AvgIpc) is 2.82. The van der Waals surface area contributed by atoms with Gasteiger partial charge in [-0.25, -0.2) is 0 Å². The molecule has 19 heavy (non-hydrogen) atoms. The van der Waals surface area contributed by atoms with Crippen molar-refractivity contribution in [2.24, 2.45) is 0 Å². The van der Waals surface area contributed by atoms with Crippen molar-refractivity contribution in [1.82, 2.24) is 14.6 Å². The average molecular weight is 263 g/mol. The Bertz CT molecular complexity index is 472. The third-order valence-corrected chi connectivity index (χ3v) is 2.67. The number of pyridine rings is 1. The molecule has 0 spiro atoms. The summed E-state index contributed by atoms with van der Waals surface area (Å²) in [5, 5.41) is 8.28. The molecule has 2 aromatic heterocycles. The topological polar surface area (TPSA) is 30.2 Å². The van der Waals surface area contributed by atoms with Crippen LogP contribution in [-0.4, -0.2) is 14.6 Å². The number of nitrogens with zero attached hydrogens (tertiary/aromatic N) is 3. The van der Waals surface area contributed by atoms with Crippen molar-refractivity contribution < 1.29 is 0 Å². The molecule has 0 saturated carbocycles. The second-order valence-electron chi connectivity index (χ2n) is 4.07. The molecule has 0 radical (unpaired) electrons. The molecule has 108 valence electrons. The molecule has 0 aliphatic rings. The highest BCUT2D eigenvalue weighted by Crippen LogP contribution is 2.13. The van der Waals surface area contributed by atoms with Gasteiger partial charge in [-0.2, -0.15) is 0 Å². The van der Waals surface area contributed by atoms with Crippen LogP contribution < -0.4 is 0 Å². The van der Waals surface area contributed by atoms with Gasteiger partial charge in [0.2, 0.25) is 0 Å². The highest BCUT2D eigenvalue weighted by molar-refractivity contribution is 5.43. The quantitative estimate of drug-likeness (QED) is 0.800. The summed E-state index contributed by atoms with van der Waals surface area (Å²) in [6, 6.07) is 4.31. The molecule has 0 atom stereocenters. The van der Waals surface area contributed by atoms with Crippen LogP contribution in [0.5, 0.6) is 0 Å². The molecule has 0 amide bonds. The Hall–Kier alpha value is -1.38. The van der Waals surface area contributed by atoms with Gasteiger partial charge >= 0.3 is 0 Å². The Balaban J connectivity index is 0.000000741. The zero-order valence-electron chi connectivity index (χ0n) is 13.6. The van der Waals surface area contributed by atoms with E-state index in [-0.39, 0.29) is 0 Å². The van der Waals surface area contributed by atoms with Crippen LogP contribution in [0.1, 0.15) is 64.5 Å². The molecule has 0 saturated heterocycles. The maximum atomic E-state index is 4.16. The lowest BCUT2D eigenvalue weighted by atomic mass is 10.1. The minimum absolute atomic E-state index is 0.971. The first-order valence-corrected chi connectivity index (χ1v) is 7.53. The van der Waals surface area contributed by atoms with Crippen molar-refractivity contribution in [3.05, 3.63) is 29.2 Å². The summed E-state index contributed by atoms with van der Waals surface area (Å²) in [5.41, 5.74) is 3.56. The summed E-state index contributed by atoms with van der Waals surface area (Å²) >= 11 is 0. The molecule has 2 rings (SSSR count). The van der Waals surface area contributed by atoms with Crippen molar-refractivity contribution in [2.45, 2.75) is 67.7 Å². The van der Waals surface area contributed by atoms with Gasteiger partial charge in [-0.15, -0.1) is 10.2 Å². The van der Waals surface area contributed by atoms with Gasteiger partial charge in [-0.3, -0.25) is 4.40 Å². The highest BCUT2D eigenvalue weighted by atomic mass is 15.2. The van der Waals surface area contributed by atoms with Crippen molar-refractivity contribution >= 4 is 5.65 Å². The Kier molecular flexibility index (Phi) is 8.84. The molecule has 0 bridgehead atoms. The molecule has 3 heteroatoms. The number of hydrogen-bond donors (Lipinski definition) is 0. The molecule has 0 unspecified atom stereocenters. The van der Waals surface area contributed by atoms with Gasteiger partial charge in [0.25, 0.3) is 0 Å². The summed E-state index contributed by atoms with van der Waals surface area (Å²) < 4.78 is 2.16. The van der Waals surface area contributed by atoms with E-state index in [1.807, 2.05) is 34.6 Å². The van der Waals surface area contributed by atoms with E-state index in [9.17, 15) is 0 Å². The number of fused-ring (bicyclic) bond motifs is 1. The predicted octanol–water partition coefficient (Wildman–Crippen LogP) is 4.74. The minimum atomic E-state index is 0.971. The first-order chi connectivity index (χ1) is 9.22. The molecule has 0 fully saturated rings. The molecule has 0 aromatic carbocycles. The summed E-state index contributed by atoms with van der Waals surface area (Å²) in [6.07, 6.45) is 3.54. The van der Waals surface area contributed by atoms with E-state index < -0.39 is 0 Å². The van der Waals surface area contributed by atoms with Gasteiger partial charge in [0.1, 0.15) is 5.82 Å². The monoisotopic (exact) mass is 263 g/mol. The smallest absolute Gasteiger partial charge is 0.161 e. The second kappa shape index (κ2) is 9.54. The first-order valence-electron chi connectivity index (χ1n) is 7.53. The Morgan fingerprint density at radius 2 is 1.63 bits per heavy atom. The van der Waals surface area contributed by atoms with E-state index in [1.165, 1.54) is 24.1 Å². The van der Waals surface area contributed by atoms with Crippen LogP contribution in [-0.2, 0) is 6.42 Å². The Morgan fingerprint density at radius 1 is 1.00 bits per heavy atom. The molecule has 3 nitrogen and oxygen atoms in total. The molecular weight excluding hydrogens is 234 g/mol. The molecule has 0 N–H and O–H groups in total. The van der Waals surface area contributed by atoms with Gasteiger partial charge in [-0.05, 0) is 44.4 Å². The number of rotatable bonds is 3. The van der Waals surface area contributed by atoms with Gasteiger partial charge in [0.15, 0.2) is 5.65 Å². The van der Waals surface area contributed by atoms with Crippen LogP contribution in [0.15, 0.2) is 12.1 Å². The molecule has 2 heterocycles. The fourth-order valence-electron chi connectivity index (χ4n) is 1.94. The van der Waals surface area contributed by atoms with Crippen LogP contribution in [0.2, 0.25) is 0 Å². The van der Waals surface area contributed by atoms with Crippen molar-refractivity contribution in [3.63, 3.8) is 0 Å². The summed E-state index contributed by atoms with van der Waals surface area (Å²) in [4.78, 5) is 0. The maximum Gasteiger partial charge on any atom is 0.161 e. The van der Waals surface area contributed by atoms with E-state index in [2.05, 4.69) is 40.6 Å². The molecular formula is C16H29N3. The maximum absolute atomic E-state index is 4.16. The summed E-state index contributed by atoms with van der Waals surface area (Å²) in [7, 11) is 0. The highest BCUT2D eigenvalue weighted by Gasteiger charge is 2.06. The minimum Gasteiger partial charge on any atom is -0.284 e. The van der Waals surface area contributed by atoms with Crippen LogP contribution in [0, 0.1) is 13.8 Å². The Labute approximate surface area is 118 Å². The van der Waals surface area contributed by atoms with Gasteiger partial charge in [0.05, 0.1) is 0 Å². The van der Waals surface area contributed by atoms with Gasteiger partial charge < -0.3 is 0 Å². The lowest BCUT2D eigenvalue weighted by Crippen LogP contribution is -2.00. The van der Waals surface area contributed by atoms with Crippen molar-refractivity contribution in [1.29, 1.82) is 0 Å². The van der Waals surface area contributed by atoms with E-state index >= 15 is 0 Å². The number of unbranched alkanes of at least 4 members (excludes halogenated alkanes) is 1.